The molecule has 1 aromatic carbocycles. The van der Waals surface area contributed by atoms with Gasteiger partial charge in [-0.2, -0.15) is 4.98 Å². The average molecular weight is 242 g/mol. The minimum atomic E-state index is -0.0218. The summed E-state index contributed by atoms with van der Waals surface area (Å²) in [6.07, 6.45) is 1.93. The predicted molar refractivity (Wildman–Crippen MR) is 68.6 cm³/mol. The summed E-state index contributed by atoms with van der Waals surface area (Å²) in [5.74, 6) is 0.863. The number of benzene rings is 1. The normalized spacial score (nSPS) is 10.1. The smallest absolute Gasteiger partial charge is 0.227 e. The molecule has 0 aliphatic heterocycles. The van der Waals surface area contributed by atoms with Crippen molar-refractivity contribution in [1.29, 1.82) is 0 Å². The third-order valence-electron chi connectivity index (χ3n) is 2.60. The first-order valence-electron chi connectivity index (χ1n) is 5.76. The summed E-state index contributed by atoms with van der Waals surface area (Å²) < 4.78 is 5.16. The monoisotopic (exact) mass is 242 g/mol. The molecule has 0 bridgehead atoms. The van der Waals surface area contributed by atoms with Crippen molar-refractivity contribution in [2.45, 2.75) is 13.3 Å². The van der Waals surface area contributed by atoms with Gasteiger partial charge in [-0.15, -0.1) is 0 Å². The zero-order valence-electron chi connectivity index (χ0n) is 10.4. The Hall–Kier alpha value is -2.23. The first-order valence-corrected chi connectivity index (χ1v) is 5.76. The second-order valence-corrected chi connectivity index (χ2v) is 3.76. The third kappa shape index (κ3) is 2.37. The first-order chi connectivity index (χ1) is 8.76. The highest BCUT2D eigenvalue weighted by Crippen LogP contribution is 2.21. The SMILES string of the molecule is CCC(=O)c1cnc(-c2ccccc2)nc1OC. The number of hydrogen-bond donors (Lipinski definition) is 0. The van der Waals surface area contributed by atoms with E-state index in [1.807, 2.05) is 30.3 Å². The van der Waals surface area contributed by atoms with Crippen LogP contribution in [0.25, 0.3) is 11.4 Å². The Kier molecular flexibility index (Phi) is 3.67. The summed E-state index contributed by atoms with van der Waals surface area (Å²) in [4.78, 5) is 20.2. The molecule has 0 saturated carbocycles. The quantitative estimate of drug-likeness (QED) is 0.773. The van der Waals surface area contributed by atoms with E-state index >= 15 is 0 Å². The molecule has 0 fully saturated rings. The third-order valence-corrected chi connectivity index (χ3v) is 2.60. The van der Waals surface area contributed by atoms with E-state index in [-0.39, 0.29) is 5.78 Å². The van der Waals surface area contributed by atoms with Crippen LogP contribution in [0.4, 0.5) is 0 Å². The number of methoxy groups -OCH3 is 1. The summed E-state index contributed by atoms with van der Waals surface area (Å²) in [6.45, 7) is 1.80. The summed E-state index contributed by atoms with van der Waals surface area (Å²) in [5.41, 5.74) is 1.32. The number of rotatable bonds is 4. The van der Waals surface area contributed by atoms with Gasteiger partial charge < -0.3 is 4.74 Å². The molecule has 0 unspecified atom stereocenters. The second kappa shape index (κ2) is 5.40. The van der Waals surface area contributed by atoms with Crippen LogP contribution in [0, 0.1) is 0 Å². The minimum absolute atomic E-state index is 0.0218. The van der Waals surface area contributed by atoms with Gasteiger partial charge in [0.25, 0.3) is 0 Å². The van der Waals surface area contributed by atoms with Crippen molar-refractivity contribution >= 4 is 5.78 Å². The highest BCUT2D eigenvalue weighted by molar-refractivity contribution is 5.97. The van der Waals surface area contributed by atoms with E-state index in [0.717, 1.165) is 5.56 Å². The molecule has 0 aliphatic rings. The number of aromatic nitrogens is 2. The maximum absolute atomic E-state index is 11.7. The van der Waals surface area contributed by atoms with Crippen LogP contribution in [-0.4, -0.2) is 22.9 Å². The van der Waals surface area contributed by atoms with Crippen molar-refractivity contribution in [3.05, 3.63) is 42.1 Å². The average Bonchev–Trinajstić information content (AvgIpc) is 2.46. The Morgan fingerprint density at radius 2 is 2.00 bits per heavy atom. The zero-order valence-corrected chi connectivity index (χ0v) is 10.4. The first kappa shape index (κ1) is 12.2. The topological polar surface area (TPSA) is 52.1 Å². The number of hydrogen-bond acceptors (Lipinski definition) is 4. The van der Waals surface area contributed by atoms with Crippen LogP contribution in [0.1, 0.15) is 23.7 Å². The van der Waals surface area contributed by atoms with Crippen molar-refractivity contribution in [3.8, 4) is 17.3 Å². The molecule has 1 heterocycles. The van der Waals surface area contributed by atoms with Crippen molar-refractivity contribution < 1.29 is 9.53 Å². The van der Waals surface area contributed by atoms with Crippen LogP contribution in [0.15, 0.2) is 36.5 Å². The van der Waals surface area contributed by atoms with E-state index in [4.69, 9.17) is 4.74 Å². The van der Waals surface area contributed by atoms with Crippen LogP contribution in [0.2, 0.25) is 0 Å². The fourth-order valence-corrected chi connectivity index (χ4v) is 1.63. The fourth-order valence-electron chi connectivity index (χ4n) is 1.63. The molecular formula is C14H14N2O2. The summed E-state index contributed by atoms with van der Waals surface area (Å²) in [5, 5.41) is 0. The Bertz CT molecular complexity index is 553. The largest absolute Gasteiger partial charge is 0.480 e. The lowest BCUT2D eigenvalue weighted by atomic mass is 10.1. The molecule has 0 N–H and O–H groups in total. The van der Waals surface area contributed by atoms with Gasteiger partial charge in [-0.3, -0.25) is 4.79 Å². The highest BCUT2D eigenvalue weighted by atomic mass is 16.5. The second-order valence-electron chi connectivity index (χ2n) is 3.76. The molecule has 92 valence electrons. The maximum atomic E-state index is 11.7. The van der Waals surface area contributed by atoms with Gasteiger partial charge in [0.1, 0.15) is 0 Å². The molecule has 2 aromatic rings. The summed E-state index contributed by atoms with van der Waals surface area (Å²) in [7, 11) is 1.50. The van der Waals surface area contributed by atoms with Crippen LogP contribution >= 0.6 is 0 Å². The molecule has 1 aromatic heterocycles. The molecule has 18 heavy (non-hydrogen) atoms. The van der Waals surface area contributed by atoms with Crippen molar-refractivity contribution in [2.75, 3.05) is 7.11 Å². The Morgan fingerprint density at radius 1 is 1.28 bits per heavy atom. The predicted octanol–water partition coefficient (Wildman–Crippen LogP) is 2.74. The van der Waals surface area contributed by atoms with E-state index in [2.05, 4.69) is 9.97 Å². The Morgan fingerprint density at radius 3 is 2.61 bits per heavy atom. The molecular weight excluding hydrogens is 228 g/mol. The van der Waals surface area contributed by atoms with Gasteiger partial charge in [-0.25, -0.2) is 4.98 Å². The van der Waals surface area contributed by atoms with E-state index in [1.54, 1.807) is 6.92 Å². The number of carbonyl (C=O) groups excluding carboxylic acids is 1. The lowest BCUT2D eigenvalue weighted by Crippen LogP contribution is -2.04. The van der Waals surface area contributed by atoms with Crippen molar-refractivity contribution in [3.63, 3.8) is 0 Å². The molecule has 4 heteroatoms. The minimum Gasteiger partial charge on any atom is -0.480 e. The van der Waals surface area contributed by atoms with Crippen molar-refractivity contribution in [2.24, 2.45) is 0 Å². The van der Waals surface area contributed by atoms with Crippen LogP contribution < -0.4 is 4.74 Å². The van der Waals surface area contributed by atoms with Crippen LogP contribution in [-0.2, 0) is 0 Å². The fraction of sp³-hybridized carbons (Fsp3) is 0.214. The highest BCUT2D eigenvalue weighted by Gasteiger charge is 2.14. The van der Waals surface area contributed by atoms with Gasteiger partial charge in [0, 0.05) is 18.2 Å². The molecule has 0 amide bonds. The number of ketones is 1. The van der Waals surface area contributed by atoms with Gasteiger partial charge in [0.15, 0.2) is 11.6 Å². The van der Waals surface area contributed by atoms with E-state index < -0.39 is 0 Å². The number of carbonyl (C=O) groups is 1. The zero-order chi connectivity index (χ0) is 13.0. The standard InChI is InChI=1S/C14H14N2O2/c1-3-12(17)11-9-15-13(16-14(11)18-2)10-7-5-4-6-8-10/h4-9H,3H2,1-2H3. The summed E-state index contributed by atoms with van der Waals surface area (Å²) in [6, 6.07) is 9.58. The van der Waals surface area contributed by atoms with Gasteiger partial charge >= 0.3 is 0 Å². The maximum Gasteiger partial charge on any atom is 0.227 e. The van der Waals surface area contributed by atoms with E-state index in [9.17, 15) is 4.79 Å². The lowest BCUT2D eigenvalue weighted by molar-refractivity contribution is 0.0984. The van der Waals surface area contributed by atoms with Crippen LogP contribution in [0.3, 0.4) is 0 Å². The molecule has 0 radical (unpaired) electrons. The van der Waals surface area contributed by atoms with Gasteiger partial charge in [0.05, 0.1) is 12.7 Å². The van der Waals surface area contributed by atoms with Gasteiger partial charge in [0.2, 0.25) is 5.88 Å². The number of ether oxygens (including phenoxy) is 1. The van der Waals surface area contributed by atoms with Gasteiger partial charge in [-0.1, -0.05) is 37.3 Å². The molecule has 0 saturated heterocycles. The molecule has 2 rings (SSSR count). The summed E-state index contributed by atoms with van der Waals surface area (Å²) >= 11 is 0. The molecule has 0 atom stereocenters. The van der Waals surface area contributed by atoms with E-state index in [1.165, 1.54) is 13.3 Å². The van der Waals surface area contributed by atoms with E-state index in [0.29, 0.717) is 23.7 Å². The number of nitrogens with zero attached hydrogens (tertiary/aromatic N) is 2. The Labute approximate surface area is 106 Å². The van der Waals surface area contributed by atoms with Crippen LogP contribution in [0.5, 0.6) is 5.88 Å². The Balaban J connectivity index is 2.45. The number of Topliss-reactive ketones (excluding diaryl/α,β-unsaturated/α-hetero) is 1. The lowest BCUT2D eigenvalue weighted by Gasteiger charge is -2.07. The van der Waals surface area contributed by atoms with Gasteiger partial charge in [-0.05, 0) is 0 Å². The molecule has 0 spiro atoms. The molecule has 4 nitrogen and oxygen atoms in total. The molecule has 0 aliphatic carbocycles. The van der Waals surface area contributed by atoms with Crippen molar-refractivity contribution in [1.82, 2.24) is 9.97 Å².